The molecule has 2 unspecified atom stereocenters. The first-order valence-electron chi connectivity index (χ1n) is 6.16. The lowest BCUT2D eigenvalue weighted by molar-refractivity contribution is 0.330. The largest absolute Gasteiger partial charge is 0.399 e. The number of sulfonamides is 1. The van der Waals surface area contributed by atoms with Crippen LogP contribution in [0.2, 0.25) is 0 Å². The number of anilines is 1. The number of rotatable bonds is 2. The summed E-state index contributed by atoms with van der Waals surface area (Å²) in [5, 5.41) is 0. The maximum Gasteiger partial charge on any atom is 0.249 e. The van der Waals surface area contributed by atoms with Gasteiger partial charge in [-0.15, -0.1) is 0 Å². The highest BCUT2D eigenvalue weighted by atomic mass is 32.2. The molecule has 0 radical (unpaired) electrons. The predicted molar refractivity (Wildman–Crippen MR) is 65.8 cm³/mol. The molecule has 2 bridgehead atoms. The van der Waals surface area contributed by atoms with Crippen LogP contribution in [-0.4, -0.2) is 25.3 Å². The van der Waals surface area contributed by atoms with E-state index in [1.165, 1.54) is 4.31 Å². The summed E-state index contributed by atoms with van der Waals surface area (Å²) < 4.78 is 53.6. The van der Waals surface area contributed by atoms with Crippen molar-refractivity contribution in [1.29, 1.82) is 0 Å². The van der Waals surface area contributed by atoms with Crippen LogP contribution in [0.4, 0.5) is 14.5 Å². The summed E-state index contributed by atoms with van der Waals surface area (Å²) in [5.41, 5.74) is 5.17. The van der Waals surface area contributed by atoms with Gasteiger partial charge in [0.15, 0.2) is 4.90 Å². The van der Waals surface area contributed by atoms with Crippen molar-refractivity contribution in [3.05, 3.63) is 23.8 Å². The third kappa shape index (κ3) is 1.92. The average Bonchev–Trinajstić information content (AvgIpc) is 2.88. The molecule has 4 nitrogen and oxygen atoms in total. The first-order valence-corrected chi connectivity index (χ1v) is 7.60. The molecule has 0 amide bonds. The second-order valence-electron chi connectivity index (χ2n) is 5.22. The Balaban J connectivity index is 2.06. The van der Waals surface area contributed by atoms with Crippen molar-refractivity contribution in [2.24, 2.45) is 5.92 Å². The molecule has 2 N–H and O–H groups in total. The summed E-state index contributed by atoms with van der Waals surface area (Å²) >= 11 is 0. The lowest BCUT2D eigenvalue weighted by atomic mass is 10.1. The molecule has 0 aromatic heterocycles. The number of hydrogen-bond donors (Lipinski definition) is 1. The van der Waals surface area contributed by atoms with Crippen molar-refractivity contribution in [2.45, 2.75) is 30.2 Å². The number of hydrogen-bond acceptors (Lipinski definition) is 3. The van der Waals surface area contributed by atoms with Crippen molar-refractivity contribution < 1.29 is 17.2 Å². The van der Waals surface area contributed by atoms with Gasteiger partial charge in [-0.25, -0.2) is 17.2 Å². The van der Waals surface area contributed by atoms with Gasteiger partial charge in [0.2, 0.25) is 10.0 Å². The van der Waals surface area contributed by atoms with Gasteiger partial charge in [0.1, 0.15) is 11.6 Å². The Morgan fingerprint density at radius 3 is 2.32 bits per heavy atom. The van der Waals surface area contributed by atoms with Crippen molar-refractivity contribution >= 4 is 15.7 Å². The van der Waals surface area contributed by atoms with Crippen LogP contribution in [0.3, 0.4) is 0 Å². The summed E-state index contributed by atoms with van der Waals surface area (Å²) in [5.74, 6) is -1.93. The maximum absolute atomic E-state index is 13.8. The zero-order chi connectivity index (χ0) is 13.8. The van der Waals surface area contributed by atoms with E-state index in [-0.39, 0.29) is 11.7 Å². The van der Waals surface area contributed by atoms with Gasteiger partial charge in [0, 0.05) is 18.3 Å². The van der Waals surface area contributed by atoms with E-state index in [2.05, 4.69) is 0 Å². The number of nitrogens with zero attached hydrogens (tertiary/aromatic N) is 1. The van der Waals surface area contributed by atoms with Crippen LogP contribution in [-0.2, 0) is 10.0 Å². The molecule has 3 rings (SSSR count). The van der Waals surface area contributed by atoms with E-state index in [0.29, 0.717) is 12.5 Å². The number of nitrogen functional groups attached to an aromatic ring is 1. The fourth-order valence-electron chi connectivity index (χ4n) is 3.12. The lowest BCUT2D eigenvalue weighted by Crippen LogP contribution is -2.38. The van der Waals surface area contributed by atoms with Gasteiger partial charge in [-0.05, 0) is 37.3 Å². The minimum Gasteiger partial charge on any atom is -0.399 e. The Bertz CT molecular complexity index is 610. The van der Waals surface area contributed by atoms with Crippen LogP contribution >= 0.6 is 0 Å². The highest BCUT2D eigenvalue weighted by Gasteiger charge is 2.45. The van der Waals surface area contributed by atoms with Gasteiger partial charge in [-0.2, -0.15) is 4.31 Å². The van der Waals surface area contributed by atoms with Crippen LogP contribution in [0.25, 0.3) is 0 Å². The monoisotopic (exact) mass is 288 g/mol. The van der Waals surface area contributed by atoms with Crippen molar-refractivity contribution in [3.8, 4) is 0 Å². The van der Waals surface area contributed by atoms with Crippen LogP contribution in [0.1, 0.15) is 19.3 Å². The van der Waals surface area contributed by atoms with Gasteiger partial charge in [0.05, 0.1) is 0 Å². The minimum absolute atomic E-state index is 0.119. The molecular weight excluding hydrogens is 274 g/mol. The van der Waals surface area contributed by atoms with E-state index in [9.17, 15) is 17.2 Å². The quantitative estimate of drug-likeness (QED) is 0.843. The van der Waals surface area contributed by atoms with Gasteiger partial charge in [0.25, 0.3) is 0 Å². The molecule has 2 fully saturated rings. The molecule has 1 aliphatic heterocycles. The molecule has 1 heterocycles. The number of halogens is 2. The van der Waals surface area contributed by atoms with Crippen molar-refractivity contribution in [3.63, 3.8) is 0 Å². The molecule has 2 aliphatic rings. The summed E-state index contributed by atoms with van der Waals surface area (Å²) in [4.78, 5) is -0.880. The molecular formula is C12H14F2N2O2S. The van der Waals surface area contributed by atoms with E-state index in [1.807, 2.05) is 0 Å². The maximum atomic E-state index is 13.8. The first-order chi connectivity index (χ1) is 8.89. The molecule has 1 saturated heterocycles. The van der Waals surface area contributed by atoms with E-state index >= 15 is 0 Å². The van der Waals surface area contributed by atoms with Gasteiger partial charge in [-0.1, -0.05) is 0 Å². The Morgan fingerprint density at radius 1 is 1.21 bits per heavy atom. The molecule has 1 aliphatic carbocycles. The predicted octanol–water partition coefficient (Wildman–Crippen LogP) is 1.72. The zero-order valence-corrected chi connectivity index (χ0v) is 11.0. The Morgan fingerprint density at radius 2 is 1.84 bits per heavy atom. The molecule has 1 aromatic rings. The number of benzene rings is 1. The number of nitrogens with two attached hydrogens (primary N) is 1. The molecule has 7 heteroatoms. The average molecular weight is 288 g/mol. The zero-order valence-electron chi connectivity index (χ0n) is 10.1. The molecule has 1 saturated carbocycles. The van der Waals surface area contributed by atoms with Crippen LogP contribution in [0.15, 0.2) is 17.0 Å². The van der Waals surface area contributed by atoms with Crippen molar-refractivity contribution in [2.75, 3.05) is 12.3 Å². The standard InChI is InChI=1S/C12H14F2N2O2S/c13-10-4-8(15)5-11(14)12(10)19(17,18)16-6-7-1-2-9(16)3-7/h4-5,7,9H,1-3,6,15H2. The molecule has 0 spiro atoms. The summed E-state index contributed by atoms with van der Waals surface area (Å²) in [7, 11) is -4.12. The molecule has 2 atom stereocenters. The first kappa shape index (κ1) is 12.8. The minimum atomic E-state index is -4.12. The fourth-order valence-corrected chi connectivity index (χ4v) is 4.95. The molecule has 19 heavy (non-hydrogen) atoms. The highest BCUT2D eigenvalue weighted by molar-refractivity contribution is 7.89. The van der Waals surface area contributed by atoms with E-state index < -0.39 is 26.6 Å². The van der Waals surface area contributed by atoms with E-state index in [4.69, 9.17) is 5.73 Å². The molecule has 1 aromatic carbocycles. The Hall–Kier alpha value is -1.21. The third-order valence-electron chi connectivity index (χ3n) is 3.95. The lowest BCUT2D eigenvalue weighted by Gasteiger charge is -2.26. The normalized spacial score (nSPS) is 27.1. The van der Waals surface area contributed by atoms with Crippen LogP contribution in [0, 0.1) is 17.6 Å². The summed E-state index contributed by atoms with van der Waals surface area (Å²) in [6, 6.07) is 1.56. The smallest absolute Gasteiger partial charge is 0.249 e. The second kappa shape index (κ2) is 4.14. The van der Waals surface area contributed by atoms with Crippen LogP contribution in [0.5, 0.6) is 0 Å². The summed E-state index contributed by atoms with van der Waals surface area (Å²) in [6.07, 6.45) is 2.54. The fraction of sp³-hybridized carbons (Fsp3) is 0.500. The van der Waals surface area contributed by atoms with Gasteiger partial charge < -0.3 is 5.73 Å². The van der Waals surface area contributed by atoms with Gasteiger partial charge in [-0.3, -0.25) is 0 Å². The summed E-state index contributed by atoms with van der Waals surface area (Å²) in [6.45, 7) is 0.357. The second-order valence-corrected chi connectivity index (χ2v) is 7.05. The highest BCUT2D eigenvalue weighted by Crippen LogP contribution is 2.41. The van der Waals surface area contributed by atoms with Crippen LogP contribution < -0.4 is 5.73 Å². The molecule has 104 valence electrons. The topological polar surface area (TPSA) is 63.4 Å². The third-order valence-corrected chi connectivity index (χ3v) is 5.92. The Labute approximate surface area is 110 Å². The number of piperidine rings is 1. The van der Waals surface area contributed by atoms with Gasteiger partial charge >= 0.3 is 0 Å². The Kier molecular flexibility index (Phi) is 2.79. The number of fused-ring (bicyclic) bond motifs is 2. The SMILES string of the molecule is Nc1cc(F)c(S(=O)(=O)N2CC3CCC2C3)c(F)c1. The van der Waals surface area contributed by atoms with E-state index in [0.717, 1.165) is 31.4 Å². The van der Waals surface area contributed by atoms with E-state index in [1.54, 1.807) is 0 Å². The van der Waals surface area contributed by atoms with Crippen molar-refractivity contribution in [1.82, 2.24) is 4.31 Å².